The first-order valence-corrected chi connectivity index (χ1v) is 6.88. The highest BCUT2D eigenvalue weighted by molar-refractivity contribution is 5.85. The third-order valence-electron chi connectivity index (χ3n) is 3.93. The zero-order valence-electron chi connectivity index (χ0n) is 11.7. The minimum Gasteiger partial charge on any atom is -0.376 e. The van der Waals surface area contributed by atoms with Gasteiger partial charge in [-0.1, -0.05) is 13.8 Å². The maximum Gasteiger partial charge on any atom is 0.242 e. The fraction of sp³-hybridized carbons (Fsp3) is 0.857. The highest BCUT2D eigenvalue weighted by atomic mass is 16.5. The van der Waals surface area contributed by atoms with Gasteiger partial charge in [0.05, 0.1) is 12.2 Å². The molecule has 0 aromatic rings. The van der Waals surface area contributed by atoms with Gasteiger partial charge in [0.15, 0.2) is 0 Å². The number of rotatable bonds is 5. The van der Waals surface area contributed by atoms with Gasteiger partial charge in [0.2, 0.25) is 5.91 Å². The van der Waals surface area contributed by atoms with Gasteiger partial charge in [0.1, 0.15) is 5.41 Å². The van der Waals surface area contributed by atoms with Gasteiger partial charge < -0.3 is 9.64 Å². The Morgan fingerprint density at radius 2 is 2.11 bits per heavy atom. The number of carbonyl (C=O) groups is 1. The van der Waals surface area contributed by atoms with Gasteiger partial charge in [0.25, 0.3) is 0 Å². The van der Waals surface area contributed by atoms with E-state index in [2.05, 4.69) is 6.07 Å². The van der Waals surface area contributed by atoms with E-state index in [-0.39, 0.29) is 12.0 Å². The zero-order valence-corrected chi connectivity index (χ0v) is 11.7. The van der Waals surface area contributed by atoms with Crippen molar-refractivity contribution < 1.29 is 9.53 Å². The maximum atomic E-state index is 12.4. The van der Waals surface area contributed by atoms with Crippen LogP contribution < -0.4 is 0 Å². The lowest BCUT2D eigenvalue weighted by molar-refractivity contribution is -0.140. The lowest BCUT2D eigenvalue weighted by Crippen LogP contribution is -2.44. The Bertz CT molecular complexity index is 312. The molecule has 1 amide bonds. The van der Waals surface area contributed by atoms with E-state index < -0.39 is 5.41 Å². The highest BCUT2D eigenvalue weighted by Gasteiger charge is 2.37. The summed E-state index contributed by atoms with van der Waals surface area (Å²) in [6.45, 7) is 5.19. The van der Waals surface area contributed by atoms with E-state index in [1.54, 1.807) is 11.9 Å². The molecular weight excluding hydrogens is 228 g/mol. The van der Waals surface area contributed by atoms with Crippen molar-refractivity contribution in [3.63, 3.8) is 0 Å². The second kappa shape index (κ2) is 6.75. The fourth-order valence-electron chi connectivity index (χ4n) is 2.46. The summed E-state index contributed by atoms with van der Waals surface area (Å²) in [6, 6.07) is 2.20. The number of likely N-dealkylation sites (N-methyl/N-ethyl adjacent to an activating group) is 1. The highest BCUT2D eigenvalue weighted by Crippen LogP contribution is 2.28. The van der Waals surface area contributed by atoms with Crippen LogP contribution in [0.1, 0.15) is 46.0 Å². The smallest absolute Gasteiger partial charge is 0.242 e. The maximum absolute atomic E-state index is 12.4. The van der Waals surface area contributed by atoms with Crippen molar-refractivity contribution in [2.75, 3.05) is 20.2 Å². The number of hydrogen-bond acceptors (Lipinski definition) is 3. The molecule has 0 saturated carbocycles. The number of hydrogen-bond donors (Lipinski definition) is 0. The first-order chi connectivity index (χ1) is 8.59. The molecule has 1 atom stereocenters. The summed E-state index contributed by atoms with van der Waals surface area (Å²) in [5.74, 6) is -0.0656. The predicted octanol–water partition coefficient (Wildman–Crippen LogP) is 2.34. The average Bonchev–Trinajstić information content (AvgIpc) is 2.42. The minimum absolute atomic E-state index is 0.0656. The van der Waals surface area contributed by atoms with Gasteiger partial charge in [-0.15, -0.1) is 0 Å². The second-order valence-corrected chi connectivity index (χ2v) is 5.08. The SMILES string of the molecule is CCC(C#N)(CC)C(=O)N(C)CC1CCCCO1. The van der Waals surface area contributed by atoms with Gasteiger partial charge in [-0.3, -0.25) is 4.79 Å². The van der Waals surface area contributed by atoms with Crippen molar-refractivity contribution in [3.05, 3.63) is 0 Å². The molecule has 4 heteroatoms. The summed E-state index contributed by atoms with van der Waals surface area (Å²) in [7, 11) is 1.78. The van der Waals surface area contributed by atoms with Crippen molar-refractivity contribution in [3.8, 4) is 6.07 Å². The van der Waals surface area contributed by atoms with Crippen LogP contribution in [0.5, 0.6) is 0 Å². The Morgan fingerprint density at radius 3 is 2.56 bits per heavy atom. The molecule has 0 aromatic heterocycles. The molecule has 1 saturated heterocycles. The molecule has 0 aromatic carbocycles. The Balaban J connectivity index is 2.62. The van der Waals surface area contributed by atoms with Crippen molar-refractivity contribution >= 4 is 5.91 Å². The van der Waals surface area contributed by atoms with Gasteiger partial charge in [0, 0.05) is 20.2 Å². The average molecular weight is 252 g/mol. The quantitative estimate of drug-likeness (QED) is 0.754. The van der Waals surface area contributed by atoms with Gasteiger partial charge in [-0.05, 0) is 32.1 Å². The largest absolute Gasteiger partial charge is 0.376 e. The van der Waals surface area contributed by atoms with E-state index in [0.29, 0.717) is 19.4 Å². The molecule has 0 bridgehead atoms. The van der Waals surface area contributed by atoms with Crippen LogP contribution in [0.15, 0.2) is 0 Å². The number of amides is 1. The van der Waals surface area contributed by atoms with Gasteiger partial charge >= 0.3 is 0 Å². The van der Waals surface area contributed by atoms with Crippen LogP contribution in [0.25, 0.3) is 0 Å². The summed E-state index contributed by atoms with van der Waals surface area (Å²) < 4.78 is 5.64. The van der Waals surface area contributed by atoms with Crippen LogP contribution >= 0.6 is 0 Å². The molecule has 0 aliphatic carbocycles. The minimum atomic E-state index is -0.858. The molecule has 1 heterocycles. The number of carbonyl (C=O) groups excluding carboxylic acids is 1. The lowest BCUT2D eigenvalue weighted by atomic mass is 9.82. The molecule has 0 N–H and O–H groups in total. The Kier molecular flexibility index (Phi) is 5.61. The van der Waals surface area contributed by atoms with Crippen molar-refractivity contribution in [2.24, 2.45) is 5.41 Å². The molecule has 0 spiro atoms. The van der Waals surface area contributed by atoms with E-state index in [1.807, 2.05) is 13.8 Å². The van der Waals surface area contributed by atoms with Crippen molar-refractivity contribution in [1.29, 1.82) is 5.26 Å². The Labute approximate surface area is 110 Å². The summed E-state index contributed by atoms with van der Waals surface area (Å²) >= 11 is 0. The third-order valence-corrected chi connectivity index (χ3v) is 3.93. The molecule has 1 fully saturated rings. The molecule has 4 nitrogen and oxygen atoms in total. The van der Waals surface area contributed by atoms with Crippen molar-refractivity contribution in [1.82, 2.24) is 4.90 Å². The van der Waals surface area contributed by atoms with E-state index in [9.17, 15) is 10.1 Å². The van der Waals surface area contributed by atoms with Crippen LogP contribution in [-0.4, -0.2) is 37.1 Å². The van der Waals surface area contributed by atoms with Crippen LogP contribution in [0.3, 0.4) is 0 Å². The second-order valence-electron chi connectivity index (χ2n) is 5.08. The van der Waals surface area contributed by atoms with E-state index in [1.165, 1.54) is 0 Å². The molecule has 1 aliphatic heterocycles. The van der Waals surface area contributed by atoms with Gasteiger partial charge in [-0.2, -0.15) is 5.26 Å². The van der Waals surface area contributed by atoms with Crippen molar-refractivity contribution in [2.45, 2.75) is 52.1 Å². The first-order valence-electron chi connectivity index (χ1n) is 6.88. The zero-order chi connectivity index (χ0) is 13.6. The molecule has 1 rings (SSSR count). The molecule has 0 radical (unpaired) electrons. The van der Waals surface area contributed by atoms with E-state index >= 15 is 0 Å². The van der Waals surface area contributed by atoms with E-state index in [0.717, 1.165) is 25.9 Å². The first kappa shape index (κ1) is 15.0. The summed E-state index contributed by atoms with van der Waals surface area (Å²) in [5.41, 5.74) is -0.858. The Hall–Kier alpha value is -1.08. The lowest BCUT2D eigenvalue weighted by Gasteiger charge is -2.32. The Morgan fingerprint density at radius 1 is 1.44 bits per heavy atom. The fourth-order valence-corrected chi connectivity index (χ4v) is 2.46. The number of nitrogens with zero attached hydrogens (tertiary/aromatic N) is 2. The van der Waals surface area contributed by atoms with Crippen LogP contribution in [-0.2, 0) is 9.53 Å². The summed E-state index contributed by atoms with van der Waals surface area (Å²) in [5, 5.41) is 9.27. The summed E-state index contributed by atoms with van der Waals surface area (Å²) in [6.07, 6.45) is 4.55. The topological polar surface area (TPSA) is 53.3 Å². The van der Waals surface area contributed by atoms with Crippen LogP contribution in [0.4, 0.5) is 0 Å². The predicted molar refractivity (Wildman–Crippen MR) is 69.9 cm³/mol. The molecule has 1 aliphatic rings. The van der Waals surface area contributed by atoms with Crippen LogP contribution in [0.2, 0.25) is 0 Å². The molecule has 1 unspecified atom stereocenters. The number of ether oxygens (including phenoxy) is 1. The standard InChI is InChI=1S/C14H24N2O2/c1-4-14(5-2,11-15)13(17)16(3)10-12-8-6-7-9-18-12/h12H,4-10H2,1-3H3. The number of nitriles is 1. The molecule has 102 valence electrons. The monoisotopic (exact) mass is 252 g/mol. The van der Waals surface area contributed by atoms with E-state index in [4.69, 9.17) is 4.74 Å². The van der Waals surface area contributed by atoms with Gasteiger partial charge in [-0.25, -0.2) is 0 Å². The normalized spacial score (nSPS) is 20.2. The third kappa shape index (κ3) is 3.23. The summed E-state index contributed by atoms with van der Waals surface area (Å²) in [4.78, 5) is 14.1. The van der Waals surface area contributed by atoms with Crippen LogP contribution in [0, 0.1) is 16.7 Å². The molecule has 18 heavy (non-hydrogen) atoms. The molecular formula is C14H24N2O2.